The summed E-state index contributed by atoms with van der Waals surface area (Å²) in [5.41, 5.74) is 1.14. The molecular formula is C14H21ClO2. The molecule has 0 aliphatic carbocycles. The summed E-state index contributed by atoms with van der Waals surface area (Å²) in [5, 5.41) is 0.669. The Kier molecular flexibility index (Phi) is 7.64. The third-order valence-corrected chi connectivity index (χ3v) is 2.60. The molecule has 0 spiro atoms. The summed E-state index contributed by atoms with van der Waals surface area (Å²) in [6.45, 7) is 7.73. The van der Waals surface area contributed by atoms with Gasteiger partial charge in [0.15, 0.2) is 0 Å². The molecule has 0 saturated heterocycles. The summed E-state index contributed by atoms with van der Waals surface area (Å²) in [6.07, 6.45) is 0.678. The van der Waals surface area contributed by atoms with Gasteiger partial charge in [0.05, 0.1) is 12.1 Å². The first-order valence-electron chi connectivity index (χ1n) is 5.75. The van der Waals surface area contributed by atoms with Crippen LogP contribution in [-0.4, -0.2) is 12.9 Å². The lowest BCUT2D eigenvalue weighted by Gasteiger charge is -2.01. The van der Waals surface area contributed by atoms with Gasteiger partial charge in [0, 0.05) is 12.3 Å². The van der Waals surface area contributed by atoms with E-state index in [4.69, 9.17) is 16.3 Å². The Morgan fingerprint density at radius 1 is 1.41 bits per heavy atom. The molecule has 0 amide bonds. The quantitative estimate of drug-likeness (QED) is 0.807. The summed E-state index contributed by atoms with van der Waals surface area (Å²) >= 11 is 5.80. The minimum atomic E-state index is 0.227. The van der Waals surface area contributed by atoms with Gasteiger partial charge in [-0.25, -0.2) is 0 Å². The predicted octanol–water partition coefficient (Wildman–Crippen LogP) is 4.28. The molecular weight excluding hydrogens is 236 g/mol. The highest BCUT2D eigenvalue weighted by Gasteiger charge is 2.00. The van der Waals surface area contributed by atoms with Crippen LogP contribution >= 0.6 is 11.6 Å². The Labute approximate surface area is 109 Å². The second-order valence-electron chi connectivity index (χ2n) is 4.11. The monoisotopic (exact) mass is 256 g/mol. The number of ether oxygens (including phenoxy) is 1. The molecule has 1 aromatic carbocycles. The molecule has 0 saturated carbocycles. The molecule has 0 bridgehead atoms. The van der Waals surface area contributed by atoms with Crippen LogP contribution in [0, 0.1) is 12.8 Å². The van der Waals surface area contributed by atoms with Crippen molar-refractivity contribution in [2.75, 3.05) is 7.11 Å². The molecule has 0 aliphatic rings. The first-order valence-corrected chi connectivity index (χ1v) is 6.13. The molecule has 0 aromatic heterocycles. The number of Topliss-reactive ketones (excluding diaryl/α,β-unsaturated/α-hetero) is 1. The van der Waals surface area contributed by atoms with Crippen LogP contribution in [0.5, 0.6) is 5.75 Å². The summed E-state index contributed by atoms with van der Waals surface area (Å²) in [7, 11) is 1.61. The summed E-state index contributed by atoms with van der Waals surface area (Å²) < 4.78 is 4.97. The molecule has 0 heterocycles. The van der Waals surface area contributed by atoms with Gasteiger partial charge < -0.3 is 4.74 Å². The molecule has 17 heavy (non-hydrogen) atoms. The maximum absolute atomic E-state index is 10.5. The van der Waals surface area contributed by atoms with E-state index in [0.29, 0.717) is 17.2 Å². The van der Waals surface area contributed by atoms with Gasteiger partial charge in [-0.3, -0.25) is 4.79 Å². The molecule has 0 radical (unpaired) electrons. The Morgan fingerprint density at radius 2 is 2.00 bits per heavy atom. The molecule has 1 rings (SSSR count). The highest BCUT2D eigenvalue weighted by molar-refractivity contribution is 6.32. The fourth-order valence-corrected chi connectivity index (χ4v) is 1.49. The second kappa shape index (κ2) is 8.13. The standard InChI is InChI=1S/C8H9ClO.C6H12O/c1-6-3-4-8(10-2)7(9)5-6;1-4-6(7)5(2)3/h3-5H,1-2H3;5H,4H2,1-3H3. The normalized spacial score (nSPS) is 9.59. The Bertz CT molecular complexity index is 359. The van der Waals surface area contributed by atoms with Crippen LogP contribution in [0.2, 0.25) is 5.02 Å². The van der Waals surface area contributed by atoms with Gasteiger partial charge in [0.25, 0.3) is 0 Å². The molecule has 1 aromatic rings. The third-order valence-electron chi connectivity index (χ3n) is 2.30. The van der Waals surface area contributed by atoms with Crippen molar-refractivity contribution in [1.29, 1.82) is 0 Å². The maximum Gasteiger partial charge on any atom is 0.137 e. The number of ketones is 1. The van der Waals surface area contributed by atoms with Crippen molar-refractivity contribution in [3.63, 3.8) is 0 Å². The summed E-state index contributed by atoms with van der Waals surface area (Å²) in [4.78, 5) is 10.5. The SMILES string of the molecule is CCC(=O)C(C)C.COc1ccc(C)cc1Cl. The van der Waals surface area contributed by atoms with E-state index in [9.17, 15) is 4.79 Å². The number of carbonyl (C=O) groups excluding carboxylic acids is 1. The van der Waals surface area contributed by atoms with Crippen molar-refractivity contribution in [3.8, 4) is 5.75 Å². The molecule has 3 heteroatoms. The van der Waals surface area contributed by atoms with Crippen LogP contribution in [0.1, 0.15) is 32.8 Å². The minimum absolute atomic E-state index is 0.227. The van der Waals surface area contributed by atoms with Gasteiger partial charge in [-0.2, -0.15) is 0 Å². The van der Waals surface area contributed by atoms with Gasteiger partial charge >= 0.3 is 0 Å². The van der Waals surface area contributed by atoms with E-state index in [-0.39, 0.29) is 5.92 Å². The number of halogens is 1. The van der Waals surface area contributed by atoms with Gasteiger partial charge in [0.1, 0.15) is 11.5 Å². The highest BCUT2D eigenvalue weighted by Crippen LogP contribution is 2.24. The first-order chi connectivity index (χ1) is 7.92. The summed E-state index contributed by atoms with van der Waals surface area (Å²) in [5.74, 6) is 1.30. The van der Waals surface area contributed by atoms with E-state index < -0.39 is 0 Å². The van der Waals surface area contributed by atoms with Crippen LogP contribution in [-0.2, 0) is 4.79 Å². The molecule has 2 nitrogen and oxygen atoms in total. The van der Waals surface area contributed by atoms with Gasteiger partial charge in [-0.1, -0.05) is 38.4 Å². The van der Waals surface area contributed by atoms with E-state index in [2.05, 4.69) is 0 Å². The van der Waals surface area contributed by atoms with Gasteiger partial charge in [-0.05, 0) is 24.6 Å². The second-order valence-corrected chi connectivity index (χ2v) is 4.52. The fourth-order valence-electron chi connectivity index (χ4n) is 1.18. The topological polar surface area (TPSA) is 26.3 Å². The maximum atomic E-state index is 10.5. The number of rotatable bonds is 3. The molecule has 0 aliphatic heterocycles. The molecule has 0 N–H and O–H groups in total. The van der Waals surface area contributed by atoms with E-state index in [1.54, 1.807) is 7.11 Å². The number of carbonyl (C=O) groups is 1. The van der Waals surface area contributed by atoms with Crippen LogP contribution in [0.4, 0.5) is 0 Å². The van der Waals surface area contributed by atoms with Gasteiger partial charge in [-0.15, -0.1) is 0 Å². The van der Waals surface area contributed by atoms with Crippen molar-refractivity contribution in [2.24, 2.45) is 5.92 Å². The smallest absolute Gasteiger partial charge is 0.137 e. The van der Waals surface area contributed by atoms with Gasteiger partial charge in [0.2, 0.25) is 0 Å². The zero-order valence-corrected chi connectivity index (χ0v) is 12.0. The average Bonchev–Trinajstić information content (AvgIpc) is 2.28. The van der Waals surface area contributed by atoms with E-state index in [0.717, 1.165) is 11.3 Å². The molecule has 96 valence electrons. The third kappa shape index (κ3) is 6.32. The number of hydrogen-bond donors (Lipinski definition) is 0. The number of aryl methyl sites for hydroxylation is 1. The number of hydrogen-bond acceptors (Lipinski definition) is 2. The predicted molar refractivity (Wildman–Crippen MR) is 72.9 cm³/mol. The number of methoxy groups -OCH3 is 1. The van der Waals surface area contributed by atoms with Crippen molar-refractivity contribution >= 4 is 17.4 Å². The lowest BCUT2D eigenvalue weighted by molar-refractivity contribution is -0.121. The Balaban J connectivity index is 0.000000325. The van der Waals surface area contributed by atoms with E-state index >= 15 is 0 Å². The number of benzene rings is 1. The first kappa shape index (κ1) is 16.0. The largest absolute Gasteiger partial charge is 0.495 e. The van der Waals surface area contributed by atoms with Crippen molar-refractivity contribution in [2.45, 2.75) is 34.1 Å². The molecule has 0 atom stereocenters. The van der Waals surface area contributed by atoms with E-state index in [1.165, 1.54) is 0 Å². The molecule has 0 fully saturated rings. The van der Waals surface area contributed by atoms with E-state index in [1.807, 2.05) is 45.9 Å². The zero-order chi connectivity index (χ0) is 13.4. The van der Waals surface area contributed by atoms with Crippen LogP contribution < -0.4 is 4.74 Å². The lowest BCUT2D eigenvalue weighted by Crippen LogP contribution is -2.03. The lowest BCUT2D eigenvalue weighted by atomic mass is 10.1. The van der Waals surface area contributed by atoms with Crippen molar-refractivity contribution < 1.29 is 9.53 Å². The zero-order valence-electron chi connectivity index (χ0n) is 11.2. The van der Waals surface area contributed by atoms with Crippen molar-refractivity contribution in [3.05, 3.63) is 28.8 Å². The Morgan fingerprint density at radius 3 is 2.29 bits per heavy atom. The highest BCUT2D eigenvalue weighted by atomic mass is 35.5. The average molecular weight is 257 g/mol. The van der Waals surface area contributed by atoms with Crippen LogP contribution in [0.3, 0.4) is 0 Å². The van der Waals surface area contributed by atoms with Crippen LogP contribution in [0.25, 0.3) is 0 Å². The van der Waals surface area contributed by atoms with Crippen molar-refractivity contribution in [1.82, 2.24) is 0 Å². The molecule has 0 unspecified atom stereocenters. The summed E-state index contributed by atoms with van der Waals surface area (Å²) in [6, 6.07) is 5.70. The van der Waals surface area contributed by atoms with Crippen LogP contribution in [0.15, 0.2) is 18.2 Å². The fraction of sp³-hybridized carbons (Fsp3) is 0.500. The minimum Gasteiger partial charge on any atom is -0.495 e. The Hall–Kier alpha value is -1.02.